The van der Waals surface area contributed by atoms with E-state index in [2.05, 4.69) is 10.6 Å². The average molecular weight is 402 g/mol. The second-order valence-electron chi connectivity index (χ2n) is 6.65. The highest BCUT2D eigenvalue weighted by atomic mass is 16.5. The Balaban J connectivity index is 1.45. The molecule has 30 heavy (non-hydrogen) atoms. The van der Waals surface area contributed by atoms with Gasteiger partial charge in [0.05, 0.1) is 0 Å². The van der Waals surface area contributed by atoms with Crippen LogP contribution in [0.15, 0.2) is 78.9 Å². The van der Waals surface area contributed by atoms with Crippen molar-refractivity contribution in [2.75, 3.05) is 11.9 Å². The maximum absolute atomic E-state index is 12.3. The van der Waals surface area contributed by atoms with Gasteiger partial charge < -0.3 is 15.4 Å². The van der Waals surface area contributed by atoms with E-state index in [4.69, 9.17) is 4.74 Å². The monoisotopic (exact) mass is 402 g/mol. The van der Waals surface area contributed by atoms with E-state index in [9.17, 15) is 14.4 Å². The molecule has 3 aromatic carbocycles. The van der Waals surface area contributed by atoms with Gasteiger partial charge in [0, 0.05) is 11.8 Å². The zero-order valence-electron chi connectivity index (χ0n) is 16.5. The van der Waals surface area contributed by atoms with Crippen molar-refractivity contribution >= 4 is 40.3 Å². The van der Waals surface area contributed by atoms with Crippen molar-refractivity contribution in [3.63, 3.8) is 0 Å². The highest BCUT2D eigenvalue weighted by molar-refractivity contribution is 5.98. The number of anilines is 1. The van der Waals surface area contributed by atoms with Gasteiger partial charge in [-0.15, -0.1) is 0 Å². The first kappa shape index (κ1) is 20.8. The molecule has 3 aromatic rings. The van der Waals surface area contributed by atoms with Gasteiger partial charge in [-0.3, -0.25) is 14.4 Å². The van der Waals surface area contributed by atoms with Crippen LogP contribution in [0.3, 0.4) is 0 Å². The summed E-state index contributed by atoms with van der Waals surface area (Å²) >= 11 is 0. The van der Waals surface area contributed by atoms with E-state index >= 15 is 0 Å². The quantitative estimate of drug-likeness (QED) is 0.468. The van der Waals surface area contributed by atoms with Gasteiger partial charge in [0.2, 0.25) is 5.91 Å². The zero-order valence-corrected chi connectivity index (χ0v) is 16.5. The molecule has 6 nitrogen and oxygen atoms in total. The largest absolute Gasteiger partial charge is 0.451 e. The van der Waals surface area contributed by atoms with E-state index in [0.29, 0.717) is 5.69 Å². The molecule has 2 amide bonds. The van der Waals surface area contributed by atoms with Crippen LogP contribution in [0.1, 0.15) is 12.5 Å². The number of carbonyl (C=O) groups is 3. The number of hydrogen-bond donors (Lipinski definition) is 2. The Morgan fingerprint density at radius 2 is 1.63 bits per heavy atom. The van der Waals surface area contributed by atoms with Crippen LogP contribution in [0.4, 0.5) is 5.69 Å². The summed E-state index contributed by atoms with van der Waals surface area (Å²) in [6.45, 7) is 1.15. The third-order valence-electron chi connectivity index (χ3n) is 4.33. The van der Waals surface area contributed by atoms with E-state index < -0.39 is 23.9 Å². The molecule has 0 saturated heterocycles. The molecule has 152 valence electrons. The fourth-order valence-corrected chi connectivity index (χ4v) is 2.76. The van der Waals surface area contributed by atoms with Crippen LogP contribution in [0, 0.1) is 0 Å². The predicted molar refractivity (Wildman–Crippen MR) is 117 cm³/mol. The molecule has 0 unspecified atom stereocenters. The number of nitrogens with one attached hydrogen (secondary N) is 2. The molecule has 0 aromatic heterocycles. The van der Waals surface area contributed by atoms with Crippen molar-refractivity contribution in [1.82, 2.24) is 5.32 Å². The summed E-state index contributed by atoms with van der Waals surface area (Å²) in [5, 5.41) is 7.22. The maximum atomic E-state index is 12.3. The van der Waals surface area contributed by atoms with Crippen LogP contribution < -0.4 is 10.6 Å². The minimum Gasteiger partial charge on any atom is -0.451 e. The predicted octanol–water partition coefficient (Wildman–Crippen LogP) is 3.54. The lowest BCUT2D eigenvalue weighted by molar-refractivity contribution is -0.152. The van der Waals surface area contributed by atoms with Gasteiger partial charge >= 0.3 is 5.97 Å². The molecule has 3 rings (SSSR count). The summed E-state index contributed by atoms with van der Waals surface area (Å²) in [7, 11) is 0. The fourth-order valence-electron chi connectivity index (χ4n) is 2.76. The molecule has 0 aliphatic carbocycles. The van der Waals surface area contributed by atoms with Crippen molar-refractivity contribution in [2.45, 2.75) is 13.0 Å². The molecule has 0 radical (unpaired) electrons. The van der Waals surface area contributed by atoms with Gasteiger partial charge in [-0.05, 0) is 41.5 Å². The summed E-state index contributed by atoms with van der Waals surface area (Å²) in [5.74, 6) is -1.57. The summed E-state index contributed by atoms with van der Waals surface area (Å²) in [5.41, 5.74) is 1.48. The van der Waals surface area contributed by atoms with Gasteiger partial charge in [-0.25, -0.2) is 0 Å². The Labute approximate surface area is 174 Å². The van der Waals surface area contributed by atoms with E-state index in [-0.39, 0.29) is 6.54 Å². The van der Waals surface area contributed by atoms with E-state index in [1.54, 1.807) is 12.1 Å². The smallest absolute Gasteiger partial charge is 0.326 e. The van der Waals surface area contributed by atoms with Crippen molar-refractivity contribution < 1.29 is 19.1 Å². The van der Waals surface area contributed by atoms with Crippen LogP contribution in [0.5, 0.6) is 0 Å². The minimum atomic E-state index is -0.999. The minimum absolute atomic E-state index is 0.328. The number of benzene rings is 3. The summed E-state index contributed by atoms with van der Waals surface area (Å²) in [6.07, 6.45) is 1.97. The van der Waals surface area contributed by atoms with Crippen LogP contribution in [0.25, 0.3) is 16.8 Å². The number of esters is 1. The highest BCUT2D eigenvalue weighted by Crippen LogP contribution is 2.19. The molecule has 0 saturated carbocycles. The van der Waals surface area contributed by atoms with E-state index in [1.165, 1.54) is 13.0 Å². The molecular formula is C24H22N2O4. The zero-order chi connectivity index (χ0) is 21.3. The SMILES string of the molecule is C[C@@H](OC(=O)CNC(=O)/C=C/c1ccccc1)C(=O)Nc1ccc2ccccc2c1. The lowest BCUT2D eigenvalue weighted by atomic mass is 10.1. The maximum Gasteiger partial charge on any atom is 0.326 e. The molecule has 0 fully saturated rings. The van der Waals surface area contributed by atoms with Gasteiger partial charge in [-0.2, -0.15) is 0 Å². The second kappa shape index (κ2) is 10.0. The average Bonchev–Trinajstić information content (AvgIpc) is 2.76. The van der Waals surface area contributed by atoms with Gasteiger partial charge in [0.15, 0.2) is 6.10 Å². The lowest BCUT2D eigenvalue weighted by Crippen LogP contribution is -2.35. The number of amides is 2. The first-order valence-corrected chi connectivity index (χ1v) is 9.51. The molecule has 0 heterocycles. The highest BCUT2D eigenvalue weighted by Gasteiger charge is 2.18. The Kier molecular flexibility index (Phi) is 6.95. The van der Waals surface area contributed by atoms with Crippen molar-refractivity contribution in [1.29, 1.82) is 0 Å². The van der Waals surface area contributed by atoms with Crippen LogP contribution in [-0.2, 0) is 19.1 Å². The third kappa shape index (κ3) is 6.04. The van der Waals surface area contributed by atoms with Crippen LogP contribution in [0.2, 0.25) is 0 Å². The first-order chi connectivity index (χ1) is 14.5. The van der Waals surface area contributed by atoms with Crippen molar-refractivity contribution in [2.24, 2.45) is 0 Å². The number of fused-ring (bicyclic) bond motifs is 1. The molecule has 0 bridgehead atoms. The molecule has 0 aliphatic rings. The summed E-state index contributed by atoms with van der Waals surface area (Å²) in [4.78, 5) is 36.0. The normalized spacial score (nSPS) is 11.8. The van der Waals surface area contributed by atoms with E-state index in [1.807, 2.05) is 66.7 Å². The summed E-state index contributed by atoms with van der Waals surface area (Å²) < 4.78 is 5.10. The third-order valence-corrected chi connectivity index (χ3v) is 4.33. The molecule has 0 spiro atoms. The number of ether oxygens (including phenoxy) is 1. The lowest BCUT2D eigenvalue weighted by Gasteiger charge is -2.14. The van der Waals surface area contributed by atoms with Crippen LogP contribution in [-0.4, -0.2) is 30.4 Å². The van der Waals surface area contributed by atoms with Crippen molar-refractivity contribution in [3.05, 3.63) is 84.4 Å². The van der Waals surface area contributed by atoms with E-state index in [0.717, 1.165) is 16.3 Å². The van der Waals surface area contributed by atoms with Crippen molar-refractivity contribution in [3.8, 4) is 0 Å². The number of hydrogen-bond acceptors (Lipinski definition) is 4. The molecular weight excluding hydrogens is 380 g/mol. The number of rotatable bonds is 7. The van der Waals surface area contributed by atoms with Crippen LogP contribution >= 0.6 is 0 Å². The molecule has 0 aliphatic heterocycles. The summed E-state index contributed by atoms with van der Waals surface area (Å²) in [6, 6.07) is 22.6. The standard InChI is InChI=1S/C24H22N2O4/c1-17(24(29)26-21-13-12-19-9-5-6-10-20(19)15-21)30-23(28)16-25-22(27)14-11-18-7-3-2-4-8-18/h2-15,17H,16H2,1H3,(H,25,27)(H,26,29)/b14-11+/t17-/m1/s1. The second-order valence-corrected chi connectivity index (χ2v) is 6.65. The Bertz CT molecular complexity index is 1080. The Morgan fingerprint density at radius 1 is 0.933 bits per heavy atom. The first-order valence-electron chi connectivity index (χ1n) is 9.51. The number of carbonyl (C=O) groups excluding carboxylic acids is 3. The van der Waals surface area contributed by atoms with Gasteiger partial charge in [0.1, 0.15) is 6.54 Å². The Morgan fingerprint density at radius 3 is 2.40 bits per heavy atom. The van der Waals surface area contributed by atoms with Gasteiger partial charge in [0.25, 0.3) is 5.91 Å². The molecule has 6 heteroatoms. The molecule has 1 atom stereocenters. The fraction of sp³-hybridized carbons (Fsp3) is 0.125. The Hall–Kier alpha value is -3.93. The molecule has 2 N–H and O–H groups in total. The topological polar surface area (TPSA) is 84.5 Å². The van der Waals surface area contributed by atoms with Gasteiger partial charge in [-0.1, -0.05) is 60.7 Å².